The van der Waals surface area contributed by atoms with Gasteiger partial charge in [-0.2, -0.15) is 13.2 Å². The van der Waals surface area contributed by atoms with Crippen LogP contribution < -0.4 is 9.64 Å². The van der Waals surface area contributed by atoms with Crippen molar-refractivity contribution in [2.45, 2.75) is 31.9 Å². The molecule has 0 unspecified atom stereocenters. The van der Waals surface area contributed by atoms with Crippen molar-refractivity contribution >= 4 is 11.6 Å². The Kier molecular flexibility index (Phi) is 6.94. The number of ether oxygens (including phenoxy) is 1. The van der Waals surface area contributed by atoms with Crippen molar-refractivity contribution in [2.24, 2.45) is 5.92 Å². The van der Waals surface area contributed by atoms with Crippen molar-refractivity contribution in [1.82, 2.24) is 4.90 Å². The summed E-state index contributed by atoms with van der Waals surface area (Å²) in [5.74, 6) is 0.125. The van der Waals surface area contributed by atoms with E-state index in [0.717, 1.165) is 11.6 Å². The molecular weight excluding hydrogens is 405 g/mol. The standard InChI is InChI=1S/C24H29F3N2O2/c1-5-20-21(16-6-9-19(31-4)10-7-16)15-17-14-18(24(25,26)27)8-11-22(17)29(23(20)30)13-12-28(2)3/h6-11,14,20-21H,5,12-13,15H2,1-4H3/t20-,21+/m0/s1. The Bertz CT molecular complexity index is 910. The van der Waals surface area contributed by atoms with E-state index < -0.39 is 11.7 Å². The van der Waals surface area contributed by atoms with Crippen LogP contribution in [0.15, 0.2) is 42.5 Å². The second-order valence-electron chi connectivity index (χ2n) is 8.23. The Morgan fingerprint density at radius 3 is 2.35 bits per heavy atom. The molecule has 1 amide bonds. The molecule has 0 saturated carbocycles. The van der Waals surface area contributed by atoms with Crippen molar-refractivity contribution in [3.8, 4) is 5.75 Å². The molecule has 168 valence electrons. The van der Waals surface area contributed by atoms with Crippen LogP contribution in [-0.2, 0) is 17.4 Å². The number of alkyl halides is 3. The first-order chi connectivity index (χ1) is 14.7. The van der Waals surface area contributed by atoms with Crippen LogP contribution >= 0.6 is 0 Å². The molecule has 31 heavy (non-hydrogen) atoms. The highest BCUT2D eigenvalue weighted by Gasteiger charge is 2.38. The molecule has 0 saturated heterocycles. The van der Waals surface area contributed by atoms with E-state index in [0.29, 0.717) is 42.9 Å². The minimum absolute atomic E-state index is 0.0383. The molecule has 2 aromatic carbocycles. The fraction of sp³-hybridized carbons (Fsp3) is 0.458. The third kappa shape index (κ3) is 5.03. The van der Waals surface area contributed by atoms with Gasteiger partial charge in [-0.1, -0.05) is 19.1 Å². The third-order valence-corrected chi connectivity index (χ3v) is 5.96. The Labute approximate surface area is 181 Å². The number of methoxy groups -OCH3 is 1. The van der Waals surface area contributed by atoms with E-state index in [9.17, 15) is 18.0 Å². The van der Waals surface area contributed by atoms with E-state index in [2.05, 4.69) is 0 Å². The number of hydrogen-bond acceptors (Lipinski definition) is 3. The second-order valence-corrected chi connectivity index (χ2v) is 8.23. The van der Waals surface area contributed by atoms with Crippen LogP contribution in [0.25, 0.3) is 0 Å². The number of fused-ring (bicyclic) bond motifs is 1. The highest BCUT2D eigenvalue weighted by molar-refractivity contribution is 5.97. The molecular formula is C24H29F3N2O2. The lowest BCUT2D eigenvalue weighted by molar-refractivity contribution is -0.137. The van der Waals surface area contributed by atoms with E-state index in [1.165, 1.54) is 12.1 Å². The van der Waals surface area contributed by atoms with Gasteiger partial charge in [0, 0.05) is 24.7 Å². The van der Waals surface area contributed by atoms with Crippen LogP contribution in [0, 0.1) is 5.92 Å². The second kappa shape index (κ2) is 9.30. The monoisotopic (exact) mass is 434 g/mol. The van der Waals surface area contributed by atoms with Crippen molar-refractivity contribution in [3.05, 3.63) is 59.2 Å². The average molecular weight is 435 g/mol. The van der Waals surface area contributed by atoms with E-state index in [-0.39, 0.29) is 17.7 Å². The van der Waals surface area contributed by atoms with E-state index >= 15 is 0 Å². The first-order valence-corrected chi connectivity index (χ1v) is 10.5. The summed E-state index contributed by atoms with van der Waals surface area (Å²) in [6.45, 7) is 3.01. The minimum Gasteiger partial charge on any atom is -0.497 e. The van der Waals surface area contributed by atoms with E-state index in [1.807, 2.05) is 50.2 Å². The average Bonchev–Trinajstić information content (AvgIpc) is 2.84. The number of likely N-dealkylation sites (N-methyl/N-ethyl adjacent to an activating group) is 1. The quantitative estimate of drug-likeness (QED) is 0.643. The zero-order chi connectivity index (χ0) is 22.8. The first-order valence-electron chi connectivity index (χ1n) is 10.5. The Balaban J connectivity index is 2.11. The SMILES string of the molecule is CC[C@@H]1C(=O)N(CCN(C)C)c2ccc(C(F)(F)F)cc2C[C@@H]1c1ccc(OC)cc1. The molecule has 0 radical (unpaired) electrons. The lowest BCUT2D eigenvalue weighted by Gasteiger charge is -2.29. The van der Waals surface area contributed by atoms with Gasteiger partial charge in [0.2, 0.25) is 5.91 Å². The van der Waals surface area contributed by atoms with Crippen LogP contribution in [0.1, 0.15) is 36.0 Å². The molecule has 1 heterocycles. The molecule has 2 aromatic rings. The Hall–Kier alpha value is -2.54. The highest BCUT2D eigenvalue weighted by atomic mass is 19.4. The Morgan fingerprint density at radius 2 is 1.81 bits per heavy atom. The van der Waals surface area contributed by atoms with Crippen molar-refractivity contribution < 1.29 is 22.7 Å². The van der Waals surface area contributed by atoms with Gasteiger partial charge in [0.1, 0.15) is 5.75 Å². The van der Waals surface area contributed by atoms with E-state index in [1.54, 1.807) is 12.0 Å². The van der Waals surface area contributed by atoms with E-state index in [4.69, 9.17) is 4.74 Å². The van der Waals surface area contributed by atoms with Gasteiger partial charge in [0.25, 0.3) is 0 Å². The van der Waals surface area contributed by atoms with Gasteiger partial charge in [0.05, 0.1) is 12.7 Å². The van der Waals surface area contributed by atoms with Crippen LogP contribution in [0.2, 0.25) is 0 Å². The number of benzene rings is 2. The van der Waals surface area contributed by atoms with Gasteiger partial charge < -0.3 is 14.5 Å². The molecule has 2 atom stereocenters. The maximum absolute atomic E-state index is 13.6. The van der Waals surface area contributed by atoms with Gasteiger partial charge in [-0.05, 0) is 74.3 Å². The molecule has 4 nitrogen and oxygen atoms in total. The maximum atomic E-state index is 13.6. The number of halogens is 3. The molecule has 7 heteroatoms. The number of rotatable bonds is 6. The van der Waals surface area contributed by atoms with Gasteiger partial charge in [-0.25, -0.2) is 0 Å². The lowest BCUT2D eigenvalue weighted by atomic mass is 9.80. The molecule has 0 bridgehead atoms. The summed E-state index contributed by atoms with van der Waals surface area (Å²) in [7, 11) is 5.40. The predicted molar refractivity (Wildman–Crippen MR) is 116 cm³/mol. The molecule has 3 rings (SSSR count). The highest BCUT2D eigenvalue weighted by Crippen LogP contribution is 2.42. The third-order valence-electron chi connectivity index (χ3n) is 5.96. The zero-order valence-electron chi connectivity index (χ0n) is 18.4. The lowest BCUT2D eigenvalue weighted by Crippen LogP contribution is -2.41. The minimum atomic E-state index is -4.43. The fourth-order valence-electron chi connectivity index (χ4n) is 4.25. The van der Waals surface area contributed by atoms with Gasteiger partial charge in [-0.15, -0.1) is 0 Å². The smallest absolute Gasteiger partial charge is 0.416 e. The van der Waals surface area contributed by atoms with Crippen molar-refractivity contribution in [1.29, 1.82) is 0 Å². The predicted octanol–water partition coefficient (Wildman–Crippen LogP) is 4.97. The molecule has 0 N–H and O–H groups in total. The summed E-state index contributed by atoms with van der Waals surface area (Å²) in [4.78, 5) is 17.2. The number of carbonyl (C=O) groups excluding carboxylic acids is 1. The van der Waals surface area contributed by atoms with Crippen molar-refractivity contribution in [2.75, 3.05) is 39.2 Å². The number of carbonyl (C=O) groups is 1. The summed E-state index contributed by atoms with van der Waals surface area (Å²) < 4.78 is 45.5. The number of anilines is 1. The van der Waals surface area contributed by atoms with Crippen LogP contribution in [-0.4, -0.2) is 45.1 Å². The summed E-state index contributed by atoms with van der Waals surface area (Å²) >= 11 is 0. The van der Waals surface area contributed by atoms with Crippen LogP contribution in [0.3, 0.4) is 0 Å². The van der Waals surface area contributed by atoms with Gasteiger partial charge in [0.15, 0.2) is 0 Å². The largest absolute Gasteiger partial charge is 0.497 e. The molecule has 0 aliphatic carbocycles. The molecule has 0 spiro atoms. The molecule has 0 aromatic heterocycles. The summed E-state index contributed by atoms with van der Waals surface area (Å²) in [6.07, 6.45) is -3.46. The van der Waals surface area contributed by atoms with Crippen molar-refractivity contribution in [3.63, 3.8) is 0 Å². The maximum Gasteiger partial charge on any atom is 0.416 e. The zero-order valence-corrected chi connectivity index (χ0v) is 18.4. The topological polar surface area (TPSA) is 32.8 Å². The first kappa shape index (κ1) is 23.1. The number of amides is 1. The summed E-state index contributed by atoms with van der Waals surface area (Å²) in [5, 5.41) is 0. The van der Waals surface area contributed by atoms with Gasteiger partial charge >= 0.3 is 6.18 Å². The molecule has 0 fully saturated rings. The molecule has 1 aliphatic rings. The number of nitrogens with zero attached hydrogens (tertiary/aromatic N) is 2. The summed E-state index contributed by atoms with van der Waals surface area (Å²) in [6, 6.07) is 11.2. The van der Waals surface area contributed by atoms with Crippen LogP contribution in [0.4, 0.5) is 18.9 Å². The Morgan fingerprint density at radius 1 is 1.13 bits per heavy atom. The fourth-order valence-corrected chi connectivity index (χ4v) is 4.25. The summed E-state index contributed by atoms with van der Waals surface area (Å²) in [5.41, 5.74) is 1.38. The normalized spacial score (nSPS) is 19.4. The number of hydrogen-bond donors (Lipinski definition) is 0. The van der Waals surface area contributed by atoms with Crippen LogP contribution in [0.5, 0.6) is 5.75 Å². The molecule has 1 aliphatic heterocycles. The van der Waals surface area contributed by atoms with Gasteiger partial charge in [-0.3, -0.25) is 4.79 Å².